The number of amidine groups is 1. The predicted molar refractivity (Wildman–Crippen MR) is 73.9 cm³/mol. The molecule has 2 N–H and O–H groups in total. The van der Waals surface area contributed by atoms with E-state index in [0.29, 0.717) is 12.4 Å². The third kappa shape index (κ3) is 3.10. The number of benzene rings is 2. The molecule has 0 unspecified atom stereocenters. The highest BCUT2D eigenvalue weighted by atomic mass is 16.5. The van der Waals surface area contributed by atoms with E-state index in [4.69, 9.17) is 10.5 Å². The van der Waals surface area contributed by atoms with Crippen LogP contribution in [0, 0.1) is 0 Å². The maximum atomic E-state index is 5.93. The molecule has 2 aromatic rings. The molecular formula is C15H16N2O. The van der Waals surface area contributed by atoms with E-state index in [1.807, 2.05) is 54.6 Å². The van der Waals surface area contributed by atoms with Gasteiger partial charge in [0.1, 0.15) is 11.6 Å². The molecule has 3 heteroatoms. The lowest BCUT2D eigenvalue weighted by molar-refractivity contribution is 0.414. The standard InChI is InChI=1S/C15H16N2O/c1-18-14-9-5-6-12(10-14)11-17-15(16)13-7-3-2-4-8-13/h2-10H,11H2,1H3,(H2,16,17). The topological polar surface area (TPSA) is 47.6 Å². The summed E-state index contributed by atoms with van der Waals surface area (Å²) in [6.07, 6.45) is 0. The van der Waals surface area contributed by atoms with Gasteiger partial charge in [0, 0.05) is 5.56 Å². The van der Waals surface area contributed by atoms with Gasteiger partial charge in [0.05, 0.1) is 13.7 Å². The Kier molecular flexibility index (Phi) is 3.97. The lowest BCUT2D eigenvalue weighted by atomic mass is 10.2. The molecule has 0 aliphatic rings. The van der Waals surface area contributed by atoms with Gasteiger partial charge in [-0.15, -0.1) is 0 Å². The van der Waals surface area contributed by atoms with Gasteiger partial charge in [-0.3, -0.25) is 4.99 Å². The number of hydrogen-bond acceptors (Lipinski definition) is 2. The van der Waals surface area contributed by atoms with Crippen LogP contribution in [0.25, 0.3) is 0 Å². The lowest BCUT2D eigenvalue weighted by Gasteiger charge is -2.03. The molecule has 0 saturated carbocycles. The van der Waals surface area contributed by atoms with E-state index in [9.17, 15) is 0 Å². The van der Waals surface area contributed by atoms with Crippen LogP contribution in [0.3, 0.4) is 0 Å². The van der Waals surface area contributed by atoms with Crippen molar-refractivity contribution in [1.82, 2.24) is 0 Å². The number of hydrogen-bond donors (Lipinski definition) is 1. The summed E-state index contributed by atoms with van der Waals surface area (Å²) in [6.45, 7) is 0.553. The van der Waals surface area contributed by atoms with Crippen molar-refractivity contribution in [2.24, 2.45) is 10.7 Å². The number of nitrogens with zero attached hydrogens (tertiary/aromatic N) is 1. The molecule has 0 spiro atoms. The third-order valence-corrected chi connectivity index (χ3v) is 2.64. The predicted octanol–water partition coefficient (Wildman–Crippen LogP) is 2.60. The number of nitrogens with two attached hydrogens (primary N) is 1. The van der Waals surface area contributed by atoms with Crippen LogP contribution in [0.4, 0.5) is 0 Å². The van der Waals surface area contributed by atoms with Crippen molar-refractivity contribution in [1.29, 1.82) is 0 Å². The number of rotatable bonds is 4. The highest BCUT2D eigenvalue weighted by Gasteiger charge is 1.98. The fourth-order valence-corrected chi connectivity index (χ4v) is 1.65. The fraction of sp³-hybridized carbons (Fsp3) is 0.133. The Bertz CT molecular complexity index is 535. The lowest BCUT2D eigenvalue weighted by Crippen LogP contribution is -2.13. The molecule has 0 amide bonds. The number of ether oxygens (including phenoxy) is 1. The van der Waals surface area contributed by atoms with Crippen molar-refractivity contribution in [2.75, 3.05) is 7.11 Å². The van der Waals surface area contributed by atoms with Gasteiger partial charge in [-0.25, -0.2) is 0 Å². The third-order valence-electron chi connectivity index (χ3n) is 2.64. The Balaban J connectivity index is 2.10. The van der Waals surface area contributed by atoms with Crippen LogP contribution in [0.5, 0.6) is 5.75 Å². The Morgan fingerprint density at radius 2 is 1.89 bits per heavy atom. The summed E-state index contributed by atoms with van der Waals surface area (Å²) in [5.41, 5.74) is 7.95. The highest BCUT2D eigenvalue weighted by Crippen LogP contribution is 2.13. The quantitative estimate of drug-likeness (QED) is 0.659. The molecule has 0 saturated heterocycles. The summed E-state index contributed by atoms with van der Waals surface area (Å²) < 4.78 is 5.17. The summed E-state index contributed by atoms with van der Waals surface area (Å²) in [5, 5.41) is 0. The van der Waals surface area contributed by atoms with E-state index in [1.54, 1.807) is 7.11 Å². The molecule has 2 rings (SSSR count). The second-order valence-corrected chi connectivity index (χ2v) is 3.92. The van der Waals surface area contributed by atoms with Crippen LogP contribution in [0.1, 0.15) is 11.1 Å². The van der Waals surface area contributed by atoms with Gasteiger partial charge in [0.2, 0.25) is 0 Å². The minimum absolute atomic E-state index is 0.553. The molecular weight excluding hydrogens is 224 g/mol. The zero-order valence-corrected chi connectivity index (χ0v) is 10.3. The minimum atomic E-state index is 0.553. The largest absolute Gasteiger partial charge is 0.497 e. The van der Waals surface area contributed by atoms with E-state index in [-0.39, 0.29) is 0 Å². The molecule has 2 aromatic carbocycles. The first-order valence-corrected chi connectivity index (χ1v) is 5.78. The van der Waals surface area contributed by atoms with Gasteiger partial charge in [-0.1, -0.05) is 42.5 Å². The first-order valence-electron chi connectivity index (χ1n) is 5.78. The molecule has 18 heavy (non-hydrogen) atoms. The molecule has 0 aliphatic heterocycles. The maximum absolute atomic E-state index is 5.93. The molecule has 3 nitrogen and oxygen atoms in total. The van der Waals surface area contributed by atoms with E-state index in [1.165, 1.54) is 0 Å². The van der Waals surface area contributed by atoms with E-state index < -0.39 is 0 Å². The van der Waals surface area contributed by atoms with Gasteiger partial charge in [0.25, 0.3) is 0 Å². The zero-order chi connectivity index (χ0) is 12.8. The van der Waals surface area contributed by atoms with Gasteiger partial charge in [-0.2, -0.15) is 0 Å². The van der Waals surface area contributed by atoms with Crippen molar-refractivity contribution in [3.8, 4) is 5.75 Å². The molecule has 0 aromatic heterocycles. The van der Waals surface area contributed by atoms with Crippen molar-refractivity contribution >= 4 is 5.84 Å². The number of methoxy groups -OCH3 is 1. The molecule has 0 fully saturated rings. The van der Waals surface area contributed by atoms with Gasteiger partial charge in [-0.05, 0) is 17.7 Å². The van der Waals surface area contributed by atoms with E-state index in [2.05, 4.69) is 4.99 Å². The Hall–Kier alpha value is -2.29. The van der Waals surface area contributed by atoms with Crippen LogP contribution >= 0.6 is 0 Å². The van der Waals surface area contributed by atoms with Crippen molar-refractivity contribution < 1.29 is 4.74 Å². The first kappa shape index (κ1) is 12.2. The second kappa shape index (κ2) is 5.87. The van der Waals surface area contributed by atoms with E-state index >= 15 is 0 Å². The molecule has 0 atom stereocenters. The number of aliphatic imine (C=N–C) groups is 1. The molecule has 0 heterocycles. The summed E-state index contributed by atoms with van der Waals surface area (Å²) >= 11 is 0. The summed E-state index contributed by atoms with van der Waals surface area (Å²) in [5.74, 6) is 1.39. The summed E-state index contributed by atoms with van der Waals surface area (Å²) in [4.78, 5) is 4.38. The van der Waals surface area contributed by atoms with Crippen LogP contribution < -0.4 is 10.5 Å². The van der Waals surface area contributed by atoms with Crippen LogP contribution in [-0.4, -0.2) is 12.9 Å². The van der Waals surface area contributed by atoms with Gasteiger partial charge >= 0.3 is 0 Å². The van der Waals surface area contributed by atoms with Crippen molar-refractivity contribution in [3.63, 3.8) is 0 Å². The maximum Gasteiger partial charge on any atom is 0.125 e. The Morgan fingerprint density at radius 1 is 1.11 bits per heavy atom. The Morgan fingerprint density at radius 3 is 2.61 bits per heavy atom. The van der Waals surface area contributed by atoms with Gasteiger partial charge in [0.15, 0.2) is 0 Å². The van der Waals surface area contributed by atoms with Gasteiger partial charge < -0.3 is 10.5 Å². The molecule has 0 radical (unpaired) electrons. The van der Waals surface area contributed by atoms with Crippen LogP contribution in [0.2, 0.25) is 0 Å². The smallest absolute Gasteiger partial charge is 0.125 e. The first-order chi connectivity index (χ1) is 8.79. The SMILES string of the molecule is COc1cccc(CN=C(N)c2ccccc2)c1. The molecule has 92 valence electrons. The zero-order valence-electron chi connectivity index (χ0n) is 10.3. The van der Waals surface area contributed by atoms with Crippen molar-refractivity contribution in [3.05, 3.63) is 65.7 Å². The molecule has 0 aliphatic carbocycles. The van der Waals surface area contributed by atoms with Crippen LogP contribution in [0.15, 0.2) is 59.6 Å². The minimum Gasteiger partial charge on any atom is -0.497 e. The van der Waals surface area contributed by atoms with Crippen molar-refractivity contribution in [2.45, 2.75) is 6.54 Å². The highest BCUT2D eigenvalue weighted by molar-refractivity contribution is 5.97. The Labute approximate surface area is 107 Å². The van der Waals surface area contributed by atoms with E-state index in [0.717, 1.165) is 16.9 Å². The average molecular weight is 240 g/mol. The fourth-order valence-electron chi connectivity index (χ4n) is 1.65. The second-order valence-electron chi connectivity index (χ2n) is 3.92. The summed E-state index contributed by atoms with van der Waals surface area (Å²) in [6, 6.07) is 17.6. The van der Waals surface area contributed by atoms with Crippen LogP contribution in [-0.2, 0) is 6.54 Å². The normalized spacial score (nSPS) is 11.3. The average Bonchev–Trinajstić information content (AvgIpc) is 2.46. The monoisotopic (exact) mass is 240 g/mol. The summed E-state index contributed by atoms with van der Waals surface area (Å²) in [7, 11) is 1.65. The molecule has 0 bridgehead atoms.